The maximum atomic E-state index is 10.1. The van der Waals surface area contributed by atoms with Gasteiger partial charge in [-0.15, -0.1) is 0 Å². The molecule has 4 nitrogen and oxygen atoms in total. The maximum Gasteiger partial charge on any atom is 0.229 e. The Kier molecular flexibility index (Phi) is 5.42. The van der Waals surface area contributed by atoms with Crippen molar-refractivity contribution in [2.75, 3.05) is 0 Å². The third-order valence-electron chi connectivity index (χ3n) is 4.76. The second-order valence-electron chi connectivity index (χ2n) is 7.64. The molecular formula is C17H30N2O2. The SMILES string of the molecule is CCCC1CCC(c2noc(CC(O)C(C)(C)C)n2)CC1. The van der Waals surface area contributed by atoms with E-state index in [1.165, 1.54) is 38.5 Å². The standard InChI is InChI=1S/C17H30N2O2/c1-5-6-12-7-9-13(10-8-12)16-18-15(21-19-16)11-14(20)17(2,3)4/h12-14,20H,5-11H2,1-4H3. The van der Waals surface area contributed by atoms with Crippen LogP contribution in [0.4, 0.5) is 0 Å². The molecule has 1 N–H and O–H groups in total. The minimum absolute atomic E-state index is 0.160. The molecule has 0 radical (unpaired) electrons. The number of aliphatic hydroxyl groups is 1. The summed E-state index contributed by atoms with van der Waals surface area (Å²) in [6.07, 6.45) is 7.54. The van der Waals surface area contributed by atoms with Crippen LogP contribution in [0.15, 0.2) is 4.52 Å². The zero-order valence-electron chi connectivity index (χ0n) is 13.9. The van der Waals surface area contributed by atoms with Gasteiger partial charge in [0.15, 0.2) is 5.82 Å². The second kappa shape index (κ2) is 6.91. The lowest BCUT2D eigenvalue weighted by atomic mass is 9.80. The van der Waals surface area contributed by atoms with Crippen molar-refractivity contribution < 1.29 is 9.63 Å². The van der Waals surface area contributed by atoms with E-state index in [1.54, 1.807) is 0 Å². The highest BCUT2D eigenvalue weighted by Crippen LogP contribution is 2.36. The van der Waals surface area contributed by atoms with Crippen molar-refractivity contribution in [3.8, 4) is 0 Å². The van der Waals surface area contributed by atoms with Crippen LogP contribution < -0.4 is 0 Å². The molecule has 120 valence electrons. The fourth-order valence-electron chi connectivity index (χ4n) is 3.11. The molecule has 1 aromatic rings. The van der Waals surface area contributed by atoms with E-state index in [0.717, 1.165) is 11.7 Å². The predicted molar refractivity (Wildman–Crippen MR) is 83.1 cm³/mol. The first-order valence-corrected chi connectivity index (χ1v) is 8.40. The van der Waals surface area contributed by atoms with Crippen LogP contribution in [0.5, 0.6) is 0 Å². The smallest absolute Gasteiger partial charge is 0.229 e. The lowest BCUT2D eigenvalue weighted by Gasteiger charge is -2.26. The minimum atomic E-state index is -0.453. The molecule has 1 atom stereocenters. The summed E-state index contributed by atoms with van der Waals surface area (Å²) in [6, 6.07) is 0. The average molecular weight is 294 g/mol. The highest BCUT2D eigenvalue weighted by atomic mass is 16.5. The van der Waals surface area contributed by atoms with Crippen molar-refractivity contribution >= 4 is 0 Å². The van der Waals surface area contributed by atoms with E-state index < -0.39 is 6.10 Å². The third-order valence-corrected chi connectivity index (χ3v) is 4.76. The first kappa shape index (κ1) is 16.5. The topological polar surface area (TPSA) is 59.2 Å². The van der Waals surface area contributed by atoms with Crippen LogP contribution in [0.1, 0.15) is 83.9 Å². The lowest BCUT2D eigenvalue weighted by Crippen LogP contribution is -2.28. The Bertz CT molecular complexity index is 428. The Hall–Kier alpha value is -0.900. The molecule has 1 saturated carbocycles. The van der Waals surface area contributed by atoms with Gasteiger partial charge in [-0.25, -0.2) is 0 Å². The summed E-state index contributed by atoms with van der Waals surface area (Å²) in [5, 5.41) is 14.3. The van der Waals surface area contributed by atoms with Crippen molar-refractivity contribution in [1.29, 1.82) is 0 Å². The van der Waals surface area contributed by atoms with Gasteiger partial charge >= 0.3 is 0 Å². The highest BCUT2D eigenvalue weighted by molar-refractivity contribution is 4.99. The van der Waals surface area contributed by atoms with E-state index in [0.29, 0.717) is 18.2 Å². The van der Waals surface area contributed by atoms with Crippen LogP contribution in [0.3, 0.4) is 0 Å². The van der Waals surface area contributed by atoms with E-state index in [9.17, 15) is 5.11 Å². The number of nitrogens with zero attached hydrogens (tertiary/aromatic N) is 2. The van der Waals surface area contributed by atoms with Crippen LogP contribution in [0.2, 0.25) is 0 Å². The molecular weight excluding hydrogens is 264 g/mol. The predicted octanol–water partition coefficient (Wildman–Crippen LogP) is 4.09. The number of hydrogen-bond donors (Lipinski definition) is 1. The first-order chi connectivity index (χ1) is 9.90. The quantitative estimate of drug-likeness (QED) is 0.888. The Balaban J connectivity index is 1.89. The van der Waals surface area contributed by atoms with Crippen molar-refractivity contribution in [3.63, 3.8) is 0 Å². The van der Waals surface area contributed by atoms with Crippen molar-refractivity contribution in [1.82, 2.24) is 10.1 Å². The normalized spacial score (nSPS) is 25.0. The number of aromatic nitrogens is 2. The van der Waals surface area contributed by atoms with Gasteiger partial charge < -0.3 is 9.63 Å². The van der Waals surface area contributed by atoms with Crippen molar-refractivity contribution in [2.24, 2.45) is 11.3 Å². The molecule has 0 aliphatic heterocycles. The molecule has 1 aliphatic carbocycles. The van der Waals surface area contributed by atoms with E-state index in [2.05, 4.69) is 17.1 Å². The number of hydrogen-bond acceptors (Lipinski definition) is 4. The maximum absolute atomic E-state index is 10.1. The van der Waals surface area contributed by atoms with Crippen LogP contribution in [0, 0.1) is 11.3 Å². The Labute approximate surface area is 128 Å². The van der Waals surface area contributed by atoms with Gasteiger partial charge in [-0.2, -0.15) is 4.98 Å². The second-order valence-corrected chi connectivity index (χ2v) is 7.64. The van der Waals surface area contributed by atoms with Gasteiger partial charge in [0.2, 0.25) is 5.89 Å². The third kappa shape index (κ3) is 4.53. The molecule has 1 aromatic heterocycles. The van der Waals surface area contributed by atoms with E-state index in [-0.39, 0.29) is 5.41 Å². The molecule has 0 spiro atoms. The Morgan fingerprint density at radius 3 is 2.48 bits per heavy atom. The van der Waals surface area contributed by atoms with E-state index in [4.69, 9.17) is 4.52 Å². The van der Waals surface area contributed by atoms with Crippen molar-refractivity contribution in [2.45, 2.75) is 84.7 Å². The average Bonchev–Trinajstić information content (AvgIpc) is 2.87. The lowest BCUT2D eigenvalue weighted by molar-refractivity contribution is 0.0565. The van der Waals surface area contributed by atoms with Crippen molar-refractivity contribution in [3.05, 3.63) is 11.7 Å². The summed E-state index contributed by atoms with van der Waals surface area (Å²) in [5.74, 6) is 2.76. The zero-order valence-corrected chi connectivity index (χ0v) is 13.9. The first-order valence-electron chi connectivity index (χ1n) is 8.40. The fourth-order valence-corrected chi connectivity index (χ4v) is 3.11. The summed E-state index contributed by atoms with van der Waals surface area (Å²) >= 11 is 0. The van der Waals surface area contributed by atoms with E-state index >= 15 is 0 Å². The van der Waals surface area contributed by atoms with Gasteiger partial charge in [-0.1, -0.05) is 45.7 Å². The molecule has 1 aliphatic rings. The Morgan fingerprint density at radius 2 is 1.90 bits per heavy atom. The molecule has 0 saturated heterocycles. The van der Waals surface area contributed by atoms with Gasteiger partial charge in [-0.3, -0.25) is 0 Å². The molecule has 1 heterocycles. The molecule has 21 heavy (non-hydrogen) atoms. The summed E-state index contributed by atoms with van der Waals surface area (Å²) in [4.78, 5) is 4.52. The van der Waals surface area contributed by atoms with Crippen LogP contribution >= 0.6 is 0 Å². The van der Waals surface area contributed by atoms with Gasteiger partial charge in [0.05, 0.1) is 12.5 Å². The van der Waals surface area contributed by atoms with Gasteiger partial charge in [0.25, 0.3) is 0 Å². The summed E-state index contributed by atoms with van der Waals surface area (Å²) < 4.78 is 5.34. The summed E-state index contributed by atoms with van der Waals surface area (Å²) in [5.41, 5.74) is -0.160. The van der Waals surface area contributed by atoms with Gasteiger partial charge in [0.1, 0.15) is 0 Å². The van der Waals surface area contributed by atoms with Gasteiger partial charge in [0, 0.05) is 5.92 Å². The molecule has 1 unspecified atom stereocenters. The summed E-state index contributed by atoms with van der Waals surface area (Å²) in [6.45, 7) is 8.32. The minimum Gasteiger partial charge on any atom is -0.392 e. The molecule has 4 heteroatoms. The summed E-state index contributed by atoms with van der Waals surface area (Å²) in [7, 11) is 0. The molecule has 0 amide bonds. The Morgan fingerprint density at radius 1 is 1.24 bits per heavy atom. The monoisotopic (exact) mass is 294 g/mol. The zero-order chi connectivity index (χ0) is 15.5. The molecule has 1 fully saturated rings. The number of rotatable bonds is 5. The highest BCUT2D eigenvalue weighted by Gasteiger charge is 2.28. The van der Waals surface area contributed by atoms with Gasteiger partial charge in [-0.05, 0) is 37.0 Å². The molecule has 0 aromatic carbocycles. The molecule has 0 bridgehead atoms. The largest absolute Gasteiger partial charge is 0.392 e. The molecule has 2 rings (SSSR count). The van der Waals surface area contributed by atoms with Crippen LogP contribution in [-0.4, -0.2) is 21.4 Å². The van der Waals surface area contributed by atoms with Crippen LogP contribution in [-0.2, 0) is 6.42 Å². The van der Waals surface area contributed by atoms with E-state index in [1.807, 2.05) is 20.8 Å². The fraction of sp³-hybridized carbons (Fsp3) is 0.882. The van der Waals surface area contributed by atoms with Crippen LogP contribution in [0.25, 0.3) is 0 Å². The number of aliphatic hydroxyl groups excluding tert-OH is 1.